The van der Waals surface area contributed by atoms with E-state index < -0.39 is 0 Å². The molecule has 0 radical (unpaired) electrons. The molecule has 0 saturated carbocycles. The summed E-state index contributed by atoms with van der Waals surface area (Å²) >= 11 is 8.15. The summed E-state index contributed by atoms with van der Waals surface area (Å²) in [7, 11) is 0. The third kappa shape index (κ3) is 1.87. The number of aromatic amines is 1. The molecule has 3 rings (SSSR count). The van der Waals surface area contributed by atoms with Crippen LogP contribution in [-0.4, -0.2) is 10.2 Å². The van der Waals surface area contributed by atoms with Crippen LogP contribution in [0.3, 0.4) is 0 Å². The van der Waals surface area contributed by atoms with Gasteiger partial charge in [0.2, 0.25) is 5.13 Å². The van der Waals surface area contributed by atoms with Crippen molar-refractivity contribution in [3.8, 4) is 0 Å². The molecule has 0 aliphatic carbocycles. The number of fused-ring (bicyclic) bond motifs is 1. The average Bonchev–Trinajstić information content (AvgIpc) is 2.87. The largest absolute Gasteiger partial charge is 0.330 e. The molecule has 0 aliphatic heterocycles. The Bertz CT molecular complexity index is 679. The van der Waals surface area contributed by atoms with Gasteiger partial charge in [-0.2, -0.15) is 0 Å². The second-order valence-electron chi connectivity index (χ2n) is 3.22. The normalized spacial score (nSPS) is 10.8. The van der Waals surface area contributed by atoms with Gasteiger partial charge in [0.25, 0.3) is 0 Å². The molecular weight excluding hydrogens is 258 g/mol. The third-order valence-corrected chi connectivity index (χ3v) is 4.04. The number of benzene rings is 1. The Hall–Kier alpha value is -1.24. The molecule has 0 bridgehead atoms. The summed E-state index contributed by atoms with van der Waals surface area (Å²) in [5, 5.41) is 14.2. The van der Waals surface area contributed by atoms with Gasteiger partial charge < -0.3 is 5.32 Å². The van der Waals surface area contributed by atoms with Crippen LogP contribution in [0.25, 0.3) is 10.1 Å². The highest BCUT2D eigenvalue weighted by molar-refractivity contribution is 7.73. The third-order valence-electron chi connectivity index (χ3n) is 2.14. The monoisotopic (exact) mass is 265 g/mol. The van der Waals surface area contributed by atoms with Gasteiger partial charge in [0.1, 0.15) is 0 Å². The number of hydrogen-bond donors (Lipinski definition) is 2. The van der Waals surface area contributed by atoms with Crippen LogP contribution in [0.15, 0.2) is 29.6 Å². The Morgan fingerprint density at radius 1 is 1.31 bits per heavy atom. The lowest BCUT2D eigenvalue weighted by molar-refractivity contribution is 1.08. The molecule has 3 aromatic rings. The number of nitrogens with one attached hydrogen (secondary N) is 2. The van der Waals surface area contributed by atoms with E-state index in [9.17, 15) is 0 Å². The van der Waals surface area contributed by atoms with E-state index in [0.717, 1.165) is 10.8 Å². The first kappa shape index (κ1) is 9.95. The van der Waals surface area contributed by atoms with E-state index in [-0.39, 0.29) is 0 Å². The van der Waals surface area contributed by atoms with Gasteiger partial charge in [-0.25, -0.2) is 0 Å². The predicted octanol–water partition coefficient (Wildman–Crippen LogP) is 4.16. The highest BCUT2D eigenvalue weighted by atomic mass is 32.1. The van der Waals surface area contributed by atoms with Crippen molar-refractivity contribution in [2.45, 2.75) is 0 Å². The topological polar surface area (TPSA) is 40.7 Å². The molecular formula is C10H7N3S3. The van der Waals surface area contributed by atoms with Gasteiger partial charge in [-0.05, 0) is 47.2 Å². The van der Waals surface area contributed by atoms with Crippen LogP contribution in [-0.2, 0) is 0 Å². The van der Waals surface area contributed by atoms with E-state index >= 15 is 0 Å². The number of anilines is 2. The fourth-order valence-corrected chi connectivity index (χ4v) is 3.03. The van der Waals surface area contributed by atoms with E-state index in [1.54, 1.807) is 11.3 Å². The molecule has 0 spiro atoms. The number of thiophene rings is 1. The van der Waals surface area contributed by atoms with Crippen molar-refractivity contribution in [3.05, 3.63) is 33.6 Å². The van der Waals surface area contributed by atoms with Gasteiger partial charge in [0.15, 0.2) is 3.95 Å². The summed E-state index contributed by atoms with van der Waals surface area (Å²) in [6.45, 7) is 0. The molecule has 80 valence electrons. The summed E-state index contributed by atoms with van der Waals surface area (Å²) in [6, 6.07) is 8.37. The van der Waals surface area contributed by atoms with Crippen molar-refractivity contribution in [1.82, 2.24) is 10.2 Å². The minimum Gasteiger partial charge on any atom is -0.330 e. The smallest absolute Gasteiger partial charge is 0.208 e. The quantitative estimate of drug-likeness (QED) is 0.684. The van der Waals surface area contributed by atoms with E-state index in [1.807, 2.05) is 6.07 Å². The Labute approximate surface area is 105 Å². The summed E-state index contributed by atoms with van der Waals surface area (Å²) < 4.78 is 1.97. The first-order chi connectivity index (χ1) is 7.81. The lowest BCUT2D eigenvalue weighted by Gasteiger charge is -2.01. The average molecular weight is 265 g/mol. The van der Waals surface area contributed by atoms with Crippen LogP contribution < -0.4 is 5.32 Å². The van der Waals surface area contributed by atoms with E-state index in [0.29, 0.717) is 3.95 Å². The van der Waals surface area contributed by atoms with Crippen LogP contribution in [0.5, 0.6) is 0 Å². The Morgan fingerprint density at radius 3 is 3.06 bits per heavy atom. The number of nitrogens with zero attached hydrogens (tertiary/aromatic N) is 1. The number of rotatable bonds is 2. The first-order valence-electron chi connectivity index (χ1n) is 4.61. The van der Waals surface area contributed by atoms with Crippen LogP contribution in [0.2, 0.25) is 0 Å². The first-order valence-corrected chi connectivity index (χ1v) is 6.71. The molecule has 1 aromatic carbocycles. The van der Waals surface area contributed by atoms with Crippen LogP contribution in [0.1, 0.15) is 0 Å². The van der Waals surface area contributed by atoms with Crippen molar-refractivity contribution >= 4 is 55.8 Å². The highest BCUT2D eigenvalue weighted by Crippen LogP contribution is 2.26. The van der Waals surface area contributed by atoms with Gasteiger partial charge in [-0.3, -0.25) is 5.10 Å². The zero-order valence-electron chi connectivity index (χ0n) is 8.06. The SMILES string of the molecule is S=c1[nH]nc(Nc2ccc3sccc3c2)s1. The second-order valence-corrected chi connectivity index (χ2v) is 5.83. The van der Waals surface area contributed by atoms with E-state index in [4.69, 9.17) is 12.2 Å². The minimum atomic E-state index is 0.680. The molecule has 0 unspecified atom stereocenters. The molecule has 0 aliphatic rings. The molecule has 6 heteroatoms. The zero-order chi connectivity index (χ0) is 11.0. The molecule has 2 heterocycles. The number of H-pyrrole nitrogens is 1. The fourth-order valence-electron chi connectivity index (χ4n) is 1.45. The molecule has 0 amide bonds. The number of hydrogen-bond acceptors (Lipinski definition) is 5. The van der Waals surface area contributed by atoms with Gasteiger partial charge >= 0.3 is 0 Å². The maximum Gasteiger partial charge on any atom is 0.208 e. The molecule has 3 nitrogen and oxygen atoms in total. The second kappa shape index (κ2) is 3.97. The van der Waals surface area contributed by atoms with Gasteiger partial charge in [0, 0.05) is 10.4 Å². The van der Waals surface area contributed by atoms with Crippen molar-refractivity contribution < 1.29 is 0 Å². The van der Waals surface area contributed by atoms with Gasteiger partial charge in [0.05, 0.1) is 0 Å². The Balaban J connectivity index is 1.97. The van der Waals surface area contributed by atoms with Crippen molar-refractivity contribution in [2.75, 3.05) is 5.32 Å². The van der Waals surface area contributed by atoms with Gasteiger partial charge in [-0.15, -0.1) is 16.4 Å². The zero-order valence-corrected chi connectivity index (χ0v) is 10.5. The molecule has 16 heavy (non-hydrogen) atoms. The summed E-state index contributed by atoms with van der Waals surface area (Å²) in [5.74, 6) is 0. The number of aromatic nitrogens is 2. The molecule has 0 atom stereocenters. The van der Waals surface area contributed by atoms with Crippen molar-refractivity contribution in [2.24, 2.45) is 0 Å². The Morgan fingerprint density at radius 2 is 2.25 bits per heavy atom. The summed E-state index contributed by atoms with van der Waals surface area (Å²) in [5.41, 5.74) is 1.03. The van der Waals surface area contributed by atoms with Gasteiger partial charge in [-0.1, -0.05) is 11.3 Å². The highest BCUT2D eigenvalue weighted by Gasteiger charge is 2.00. The maximum absolute atomic E-state index is 4.97. The lowest BCUT2D eigenvalue weighted by atomic mass is 10.2. The molecule has 2 aromatic heterocycles. The van der Waals surface area contributed by atoms with Crippen molar-refractivity contribution in [3.63, 3.8) is 0 Å². The predicted molar refractivity (Wildman–Crippen MR) is 72.4 cm³/mol. The fraction of sp³-hybridized carbons (Fsp3) is 0. The summed E-state index contributed by atoms with van der Waals surface area (Å²) in [4.78, 5) is 0. The lowest BCUT2D eigenvalue weighted by Crippen LogP contribution is -1.88. The minimum absolute atomic E-state index is 0.680. The van der Waals surface area contributed by atoms with E-state index in [2.05, 4.69) is 39.1 Å². The standard InChI is InChI=1S/C10H7N3S3/c14-10-13-12-9(16-10)11-7-1-2-8-6(5-7)3-4-15-8/h1-5H,(H,11,12)(H,13,14). The summed E-state index contributed by atoms with van der Waals surface area (Å²) in [6.07, 6.45) is 0. The molecule has 2 N–H and O–H groups in total. The molecule has 0 saturated heterocycles. The van der Waals surface area contributed by atoms with Crippen LogP contribution in [0.4, 0.5) is 10.8 Å². The molecule has 0 fully saturated rings. The maximum atomic E-state index is 4.97. The van der Waals surface area contributed by atoms with Crippen LogP contribution in [0, 0.1) is 3.95 Å². The Kier molecular flexibility index (Phi) is 2.47. The van der Waals surface area contributed by atoms with E-state index in [1.165, 1.54) is 21.4 Å². The van der Waals surface area contributed by atoms with Crippen LogP contribution >= 0.6 is 34.9 Å². The van der Waals surface area contributed by atoms with Crippen molar-refractivity contribution in [1.29, 1.82) is 0 Å².